The first-order valence-electron chi connectivity index (χ1n) is 5.13. The van der Waals surface area contributed by atoms with Gasteiger partial charge in [0.25, 0.3) is 0 Å². The first kappa shape index (κ1) is 15.8. The minimum atomic E-state index is -4.13. The fourth-order valence-electron chi connectivity index (χ4n) is 1.43. The summed E-state index contributed by atoms with van der Waals surface area (Å²) in [5.41, 5.74) is 0.793. The average Bonchev–Trinajstić information content (AvgIpc) is 2.22. The van der Waals surface area contributed by atoms with E-state index in [2.05, 4.69) is 37.2 Å². The van der Waals surface area contributed by atoms with Crippen molar-refractivity contribution in [3.8, 4) is 5.75 Å². The summed E-state index contributed by atoms with van der Waals surface area (Å²) in [6.45, 7) is 0.202. The molecule has 1 rings (SSSR count). The molecule has 0 aliphatic rings. The van der Waals surface area contributed by atoms with E-state index in [1.807, 2.05) is 12.1 Å². The highest BCUT2D eigenvalue weighted by atomic mass is 79.9. The molecule has 102 valence electrons. The van der Waals surface area contributed by atoms with Crippen LogP contribution in [0.5, 0.6) is 5.75 Å². The van der Waals surface area contributed by atoms with Crippen LogP contribution in [-0.2, 0) is 6.54 Å². The molecular weight excluding hydrogens is 379 g/mol. The summed E-state index contributed by atoms with van der Waals surface area (Å²) < 4.78 is 42.7. The summed E-state index contributed by atoms with van der Waals surface area (Å²) in [6.07, 6.45) is -4.97. The van der Waals surface area contributed by atoms with E-state index in [0.29, 0.717) is 12.3 Å². The molecule has 1 N–H and O–H groups in total. The third kappa shape index (κ3) is 5.16. The molecule has 0 spiro atoms. The second-order valence-electron chi connectivity index (χ2n) is 3.62. The second kappa shape index (κ2) is 6.77. The van der Waals surface area contributed by atoms with E-state index in [-0.39, 0.29) is 6.54 Å². The van der Waals surface area contributed by atoms with E-state index >= 15 is 0 Å². The normalized spacial score (nSPS) is 11.7. The summed E-state index contributed by atoms with van der Waals surface area (Å²) in [5.74, 6) is 0.623. The molecule has 0 unspecified atom stereocenters. The Balaban J connectivity index is 2.61. The van der Waals surface area contributed by atoms with E-state index in [9.17, 15) is 13.2 Å². The van der Waals surface area contributed by atoms with Crippen molar-refractivity contribution in [3.05, 3.63) is 26.6 Å². The summed E-state index contributed by atoms with van der Waals surface area (Å²) in [7, 11) is 1.52. The van der Waals surface area contributed by atoms with Crippen molar-refractivity contribution >= 4 is 31.9 Å². The van der Waals surface area contributed by atoms with Crippen LogP contribution in [0.3, 0.4) is 0 Å². The largest absolute Gasteiger partial charge is 0.495 e. The van der Waals surface area contributed by atoms with Crippen molar-refractivity contribution in [2.24, 2.45) is 0 Å². The van der Waals surface area contributed by atoms with Gasteiger partial charge in [0.15, 0.2) is 0 Å². The minimum absolute atomic E-state index is 0.114. The molecule has 0 saturated heterocycles. The fourth-order valence-corrected chi connectivity index (χ4v) is 2.90. The lowest BCUT2D eigenvalue weighted by Gasteiger charge is -2.13. The highest BCUT2D eigenvalue weighted by Crippen LogP contribution is 2.32. The monoisotopic (exact) mass is 389 g/mol. The van der Waals surface area contributed by atoms with Gasteiger partial charge in [-0.05, 0) is 28.1 Å². The van der Waals surface area contributed by atoms with Crippen LogP contribution in [0, 0.1) is 0 Å². The summed E-state index contributed by atoms with van der Waals surface area (Å²) >= 11 is 6.66. The molecule has 0 aliphatic carbocycles. The lowest BCUT2D eigenvalue weighted by molar-refractivity contribution is -0.133. The Labute approximate surface area is 120 Å². The van der Waals surface area contributed by atoms with Gasteiger partial charge >= 0.3 is 6.18 Å². The Hall–Kier alpha value is -0.270. The zero-order valence-corrected chi connectivity index (χ0v) is 12.7. The van der Waals surface area contributed by atoms with Gasteiger partial charge in [-0.2, -0.15) is 13.2 Å². The number of hydrogen-bond donors (Lipinski definition) is 1. The SMILES string of the molecule is COc1c(Br)cc(Br)cc1CNCCC(F)(F)F. The average molecular weight is 391 g/mol. The molecule has 0 atom stereocenters. The number of rotatable bonds is 5. The van der Waals surface area contributed by atoms with Crippen LogP contribution in [0.15, 0.2) is 21.1 Å². The lowest BCUT2D eigenvalue weighted by atomic mass is 10.2. The molecule has 0 aromatic heterocycles. The molecule has 7 heteroatoms. The number of hydrogen-bond acceptors (Lipinski definition) is 2. The van der Waals surface area contributed by atoms with E-state index < -0.39 is 12.6 Å². The van der Waals surface area contributed by atoms with Crippen molar-refractivity contribution in [1.82, 2.24) is 5.32 Å². The van der Waals surface area contributed by atoms with Gasteiger partial charge in [0.2, 0.25) is 0 Å². The maximum absolute atomic E-state index is 12.0. The van der Waals surface area contributed by atoms with E-state index in [4.69, 9.17) is 4.74 Å². The predicted molar refractivity (Wildman–Crippen MR) is 70.8 cm³/mol. The number of ether oxygens (including phenoxy) is 1. The third-order valence-corrected chi connectivity index (χ3v) is 3.24. The first-order valence-corrected chi connectivity index (χ1v) is 6.71. The Morgan fingerprint density at radius 1 is 1.28 bits per heavy atom. The summed E-state index contributed by atoms with van der Waals surface area (Å²) in [6, 6.07) is 3.63. The standard InChI is InChI=1S/C11H12Br2F3NO/c1-18-10-7(4-8(12)5-9(10)13)6-17-3-2-11(14,15)16/h4-5,17H,2-3,6H2,1H3. The Bertz CT molecular complexity index is 410. The van der Waals surface area contributed by atoms with E-state index in [0.717, 1.165) is 14.5 Å². The van der Waals surface area contributed by atoms with Gasteiger partial charge in [-0.15, -0.1) is 0 Å². The Morgan fingerprint density at radius 2 is 1.94 bits per heavy atom. The van der Waals surface area contributed by atoms with Crippen LogP contribution in [0.2, 0.25) is 0 Å². The van der Waals surface area contributed by atoms with Crippen LogP contribution < -0.4 is 10.1 Å². The first-order chi connectivity index (χ1) is 8.33. The van der Waals surface area contributed by atoms with Crippen molar-refractivity contribution in [2.45, 2.75) is 19.1 Å². The molecule has 1 aromatic rings. The van der Waals surface area contributed by atoms with Crippen molar-refractivity contribution in [3.63, 3.8) is 0 Å². The Morgan fingerprint density at radius 3 is 2.50 bits per heavy atom. The molecule has 0 fully saturated rings. The maximum atomic E-state index is 12.0. The topological polar surface area (TPSA) is 21.3 Å². The molecule has 0 heterocycles. The zero-order chi connectivity index (χ0) is 13.8. The summed E-state index contributed by atoms with van der Waals surface area (Å²) in [5, 5.41) is 2.75. The van der Waals surface area contributed by atoms with Gasteiger partial charge in [0.05, 0.1) is 18.0 Å². The minimum Gasteiger partial charge on any atom is -0.495 e. The highest BCUT2D eigenvalue weighted by molar-refractivity contribution is 9.11. The number of methoxy groups -OCH3 is 1. The number of nitrogens with one attached hydrogen (secondary N) is 1. The van der Waals surface area contributed by atoms with Crippen LogP contribution in [0.1, 0.15) is 12.0 Å². The molecule has 0 saturated carbocycles. The highest BCUT2D eigenvalue weighted by Gasteiger charge is 2.25. The van der Waals surface area contributed by atoms with E-state index in [1.165, 1.54) is 7.11 Å². The molecule has 0 radical (unpaired) electrons. The second-order valence-corrected chi connectivity index (χ2v) is 5.39. The van der Waals surface area contributed by atoms with Crippen LogP contribution in [0.4, 0.5) is 13.2 Å². The Kier molecular flexibility index (Phi) is 5.94. The molecular formula is C11H12Br2F3NO. The number of alkyl halides is 3. The molecule has 0 aliphatic heterocycles. The summed E-state index contributed by atoms with van der Waals surface area (Å²) in [4.78, 5) is 0. The van der Waals surface area contributed by atoms with Crippen molar-refractivity contribution in [2.75, 3.05) is 13.7 Å². The molecule has 18 heavy (non-hydrogen) atoms. The number of benzene rings is 1. The molecule has 0 bridgehead atoms. The van der Waals surface area contributed by atoms with Gasteiger partial charge in [-0.1, -0.05) is 15.9 Å². The van der Waals surface area contributed by atoms with Crippen LogP contribution >= 0.6 is 31.9 Å². The fraction of sp³-hybridized carbons (Fsp3) is 0.455. The maximum Gasteiger partial charge on any atom is 0.390 e. The quantitative estimate of drug-likeness (QED) is 0.758. The van der Waals surface area contributed by atoms with Crippen LogP contribution in [0.25, 0.3) is 0 Å². The lowest BCUT2D eigenvalue weighted by Crippen LogP contribution is -2.21. The van der Waals surface area contributed by atoms with Crippen LogP contribution in [-0.4, -0.2) is 19.8 Å². The number of halogens is 5. The zero-order valence-electron chi connectivity index (χ0n) is 9.57. The van der Waals surface area contributed by atoms with Crippen molar-refractivity contribution < 1.29 is 17.9 Å². The van der Waals surface area contributed by atoms with Crippen molar-refractivity contribution in [1.29, 1.82) is 0 Å². The van der Waals surface area contributed by atoms with E-state index in [1.54, 1.807) is 0 Å². The smallest absolute Gasteiger partial charge is 0.390 e. The predicted octanol–water partition coefficient (Wildman–Crippen LogP) is 4.26. The molecule has 2 nitrogen and oxygen atoms in total. The van der Waals surface area contributed by atoms with Gasteiger partial charge in [0, 0.05) is 23.1 Å². The van der Waals surface area contributed by atoms with Gasteiger partial charge in [-0.3, -0.25) is 0 Å². The third-order valence-electron chi connectivity index (χ3n) is 2.19. The van der Waals surface area contributed by atoms with Gasteiger partial charge in [0.1, 0.15) is 5.75 Å². The molecule has 0 amide bonds. The molecule has 1 aromatic carbocycles. The van der Waals surface area contributed by atoms with Gasteiger partial charge < -0.3 is 10.1 Å². The van der Waals surface area contributed by atoms with Gasteiger partial charge in [-0.25, -0.2) is 0 Å².